The van der Waals surface area contributed by atoms with Gasteiger partial charge >= 0.3 is 0 Å². The predicted molar refractivity (Wildman–Crippen MR) is 43.8 cm³/mol. The van der Waals surface area contributed by atoms with Crippen molar-refractivity contribution in [1.29, 1.82) is 0 Å². The monoisotopic (exact) mass is 174 g/mol. The van der Waals surface area contributed by atoms with Crippen LogP contribution in [0, 0.1) is 0 Å². The minimum Gasteiger partial charge on any atom is -0.337 e. The quantitative estimate of drug-likeness (QED) is 0.508. The van der Waals surface area contributed by atoms with E-state index >= 15 is 0 Å². The average molecular weight is 174 g/mol. The smallest absolute Gasteiger partial charge is 0.171 e. The van der Waals surface area contributed by atoms with Crippen LogP contribution in [0.3, 0.4) is 0 Å². The van der Waals surface area contributed by atoms with E-state index in [4.69, 9.17) is 16.3 Å². The lowest BCUT2D eigenvalue weighted by atomic mass is 11.8. The van der Waals surface area contributed by atoms with Crippen LogP contribution in [-0.2, 0) is 16.3 Å². The first-order valence-corrected chi connectivity index (χ1v) is 7.27. The van der Waals surface area contributed by atoms with E-state index in [-0.39, 0.29) is 0 Å². The maximum atomic E-state index is 4.86. The molecular weight excluding hydrogens is 167 g/mol. The Kier molecular flexibility index (Phi) is 3.99. The van der Waals surface area contributed by atoms with E-state index in [0.717, 1.165) is 0 Å². The molecule has 1 nitrogen and oxygen atoms in total. The van der Waals surface area contributed by atoms with Crippen molar-refractivity contribution in [2.24, 2.45) is 0 Å². The molecule has 0 aromatic heterocycles. The van der Waals surface area contributed by atoms with Gasteiger partial charge in [-0.2, -0.15) is 0 Å². The molecule has 0 bridgehead atoms. The second-order valence-corrected chi connectivity index (χ2v) is 10.7. The Hall–Kier alpha value is 1.31. The summed E-state index contributed by atoms with van der Waals surface area (Å²) >= 11 is 10.4. The third-order valence-corrected chi connectivity index (χ3v) is 6.96. The van der Waals surface area contributed by atoms with E-state index in [9.17, 15) is 0 Å². The maximum Gasteiger partial charge on any atom is 0.171 e. The van der Waals surface area contributed by atoms with Crippen LogP contribution < -0.4 is 0 Å². The van der Waals surface area contributed by atoms with Gasteiger partial charge in [0.25, 0.3) is 0 Å². The van der Waals surface area contributed by atoms with Crippen molar-refractivity contribution < 1.29 is 4.52 Å². The van der Waals surface area contributed by atoms with Crippen LogP contribution in [-0.4, -0.2) is 13.4 Å². The van der Waals surface area contributed by atoms with Crippen molar-refractivity contribution in [3.05, 3.63) is 0 Å². The molecule has 0 rings (SSSR count). The van der Waals surface area contributed by atoms with Crippen molar-refractivity contribution in [2.75, 3.05) is 13.4 Å². The van der Waals surface area contributed by atoms with E-state index in [0.29, 0.717) is 0 Å². The van der Waals surface area contributed by atoms with Gasteiger partial charge in [-0.15, -0.1) is 12.2 Å². The summed E-state index contributed by atoms with van der Waals surface area (Å²) in [6.07, 6.45) is 1.90. The molecular formula is C2H7OPS3. The average Bonchev–Trinajstić information content (AvgIpc) is 1.68. The zero-order valence-electron chi connectivity index (χ0n) is 4.12. The molecule has 0 saturated heterocycles. The van der Waals surface area contributed by atoms with E-state index in [1.54, 1.807) is 7.11 Å². The summed E-state index contributed by atoms with van der Waals surface area (Å²) < 4.78 is 3.13. The third-order valence-electron chi connectivity index (χ3n) is 0.461. The van der Waals surface area contributed by atoms with E-state index in [2.05, 4.69) is 12.2 Å². The topological polar surface area (TPSA) is 9.23 Å². The molecule has 1 atom stereocenters. The molecule has 0 heterocycles. The molecule has 0 aliphatic rings. The molecule has 1 unspecified atom stereocenters. The van der Waals surface area contributed by atoms with Gasteiger partial charge in [0.2, 0.25) is 0 Å². The van der Waals surface area contributed by atoms with Crippen molar-refractivity contribution >= 4 is 40.1 Å². The lowest BCUT2D eigenvalue weighted by Crippen LogP contribution is -1.64. The number of hydrogen-bond donors (Lipinski definition) is 1. The van der Waals surface area contributed by atoms with Crippen LogP contribution >= 0.6 is 28.3 Å². The Morgan fingerprint density at radius 2 is 2.29 bits per heavy atom. The largest absolute Gasteiger partial charge is 0.337 e. The van der Waals surface area contributed by atoms with Gasteiger partial charge in [-0.3, -0.25) is 0 Å². The zero-order valence-corrected chi connectivity index (χ0v) is 7.54. The van der Waals surface area contributed by atoms with Gasteiger partial charge in [-0.25, -0.2) is 0 Å². The second kappa shape index (κ2) is 3.36. The van der Waals surface area contributed by atoms with Crippen LogP contribution in [0.15, 0.2) is 0 Å². The summed E-state index contributed by atoms with van der Waals surface area (Å²) in [5, 5.41) is 0. The number of hydrogen-bond acceptors (Lipinski definition) is 3. The molecule has 0 saturated carbocycles. The van der Waals surface area contributed by atoms with Gasteiger partial charge in [0, 0.05) is 7.11 Å². The molecule has 0 radical (unpaired) electrons. The standard InChI is InChI=1S/C2H7OPS3/c1-3-4(5,6)7-2/h1-2H3,(H,5,6). The zero-order chi connectivity index (χ0) is 5.91. The van der Waals surface area contributed by atoms with Gasteiger partial charge in [-0.05, 0) is 18.1 Å². The van der Waals surface area contributed by atoms with E-state index < -0.39 is 4.67 Å². The Morgan fingerprint density at radius 1 is 1.86 bits per heavy atom. The summed E-state index contributed by atoms with van der Waals surface area (Å²) in [5.41, 5.74) is 0. The molecule has 0 aromatic carbocycles. The molecule has 0 N–H and O–H groups in total. The Labute approximate surface area is 58.2 Å². The molecule has 0 fully saturated rings. The summed E-state index contributed by atoms with van der Waals surface area (Å²) in [6.45, 7) is 0. The van der Waals surface area contributed by atoms with Crippen molar-refractivity contribution in [3.8, 4) is 0 Å². The van der Waals surface area contributed by atoms with Crippen LogP contribution in [0.1, 0.15) is 0 Å². The lowest BCUT2D eigenvalue weighted by molar-refractivity contribution is 0.481. The maximum absolute atomic E-state index is 4.86. The molecule has 0 spiro atoms. The Balaban J connectivity index is 3.61. The Bertz CT molecular complexity index is 84.9. The molecule has 0 aliphatic heterocycles. The second-order valence-electron chi connectivity index (χ2n) is 0.834. The van der Waals surface area contributed by atoms with Crippen molar-refractivity contribution in [1.82, 2.24) is 0 Å². The molecule has 44 valence electrons. The van der Waals surface area contributed by atoms with E-state index in [1.165, 1.54) is 11.4 Å². The Morgan fingerprint density at radius 3 is 2.29 bits per heavy atom. The highest BCUT2D eigenvalue weighted by atomic mass is 33.2. The number of thiol groups is 1. The molecule has 0 amide bonds. The summed E-state index contributed by atoms with van der Waals surface area (Å²) in [6, 6.07) is 0. The minimum atomic E-state index is -1.71. The fraction of sp³-hybridized carbons (Fsp3) is 1.00. The highest BCUT2D eigenvalue weighted by molar-refractivity contribution is 8.95. The molecule has 0 aromatic rings. The van der Waals surface area contributed by atoms with E-state index in [1.807, 2.05) is 6.26 Å². The highest BCUT2D eigenvalue weighted by Crippen LogP contribution is 2.61. The molecule has 7 heavy (non-hydrogen) atoms. The van der Waals surface area contributed by atoms with Crippen molar-refractivity contribution in [2.45, 2.75) is 0 Å². The van der Waals surface area contributed by atoms with Crippen LogP contribution in [0.4, 0.5) is 0 Å². The minimum absolute atomic E-state index is 1.49. The first-order valence-electron chi connectivity index (χ1n) is 1.56. The van der Waals surface area contributed by atoms with Gasteiger partial charge in [0.15, 0.2) is 4.67 Å². The summed E-state index contributed by atoms with van der Waals surface area (Å²) in [5.74, 6) is 0. The third kappa shape index (κ3) is 3.86. The first-order chi connectivity index (χ1) is 3.12. The molecule has 5 heteroatoms. The fourth-order valence-corrected chi connectivity index (χ4v) is 0.671. The molecule has 0 aliphatic carbocycles. The van der Waals surface area contributed by atoms with Crippen LogP contribution in [0.5, 0.6) is 0 Å². The highest BCUT2D eigenvalue weighted by Gasteiger charge is 2.03. The van der Waals surface area contributed by atoms with Crippen LogP contribution in [0.25, 0.3) is 0 Å². The van der Waals surface area contributed by atoms with Crippen LogP contribution in [0.2, 0.25) is 0 Å². The lowest BCUT2D eigenvalue weighted by Gasteiger charge is -2.06. The van der Waals surface area contributed by atoms with Gasteiger partial charge in [0.05, 0.1) is 0 Å². The normalized spacial score (nSPS) is 18.7. The first kappa shape index (κ1) is 8.31. The summed E-state index contributed by atoms with van der Waals surface area (Å²) in [4.78, 5) is 0. The van der Waals surface area contributed by atoms with Gasteiger partial charge in [-0.1, -0.05) is 11.4 Å². The van der Waals surface area contributed by atoms with Gasteiger partial charge < -0.3 is 4.52 Å². The summed E-state index contributed by atoms with van der Waals surface area (Å²) in [7, 11) is 1.59. The predicted octanol–water partition coefficient (Wildman–Crippen LogP) is 2.15. The number of rotatable bonds is 2. The fourth-order valence-electron chi connectivity index (χ4n) is 0.0745. The SMILES string of the molecule is COP(=S)(S)SC. The van der Waals surface area contributed by atoms with Crippen molar-refractivity contribution in [3.63, 3.8) is 0 Å². The van der Waals surface area contributed by atoms with Gasteiger partial charge in [0.1, 0.15) is 0 Å².